The van der Waals surface area contributed by atoms with Crippen LogP contribution in [-0.2, 0) is 5.75 Å². The van der Waals surface area contributed by atoms with Crippen LogP contribution in [-0.4, -0.2) is 28.4 Å². The van der Waals surface area contributed by atoms with Gasteiger partial charge in [0.25, 0.3) is 0 Å². The first kappa shape index (κ1) is 12.6. The number of nitrogens with zero attached hydrogens (tertiary/aromatic N) is 2. The Morgan fingerprint density at radius 3 is 3.00 bits per heavy atom. The molecule has 0 unspecified atom stereocenters. The van der Waals surface area contributed by atoms with Gasteiger partial charge in [0.15, 0.2) is 11.5 Å². The number of fused-ring (bicyclic) bond motifs is 1. The highest BCUT2D eigenvalue weighted by Crippen LogP contribution is 2.39. The molecule has 2 aromatic rings. The van der Waals surface area contributed by atoms with E-state index in [4.69, 9.17) is 21.1 Å². The van der Waals surface area contributed by atoms with Crippen LogP contribution in [0.5, 0.6) is 11.5 Å². The third-order valence-electron chi connectivity index (χ3n) is 2.60. The monoisotopic (exact) mass is 297 g/mol. The molecule has 0 atom stereocenters. The predicted octanol–water partition coefficient (Wildman–Crippen LogP) is 2.83. The van der Waals surface area contributed by atoms with E-state index in [0.29, 0.717) is 29.7 Å². The maximum atomic E-state index is 6.18. The average molecular weight is 298 g/mol. The third kappa shape index (κ3) is 2.79. The summed E-state index contributed by atoms with van der Waals surface area (Å²) >= 11 is 7.73. The highest BCUT2D eigenvalue weighted by Gasteiger charge is 2.16. The van der Waals surface area contributed by atoms with E-state index in [9.17, 15) is 0 Å². The van der Waals surface area contributed by atoms with Crippen molar-refractivity contribution in [3.05, 3.63) is 28.5 Å². The molecule has 100 valence electrons. The second kappa shape index (κ2) is 5.30. The van der Waals surface area contributed by atoms with Crippen LogP contribution in [0.25, 0.3) is 0 Å². The largest absolute Gasteiger partial charge is 0.486 e. The zero-order valence-electron chi connectivity index (χ0n) is 10.3. The van der Waals surface area contributed by atoms with Crippen LogP contribution >= 0.6 is 23.4 Å². The number of aryl methyl sites for hydroxylation is 1. The molecule has 1 N–H and O–H groups in total. The Bertz CT molecular complexity index is 603. The van der Waals surface area contributed by atoms with E-state index in [1.807, 2.05) is 19.1 Å². The first-order chi connectivity index (χ1) is 9.22. The number of ether oxygens (including phenoxy) is 2. The summed E-state index contributed by atoms with van der Waals surface area (Å²) in [7, 11) is 0. The second-order valence-corrected chi connectivity index (χ2v) is 5.44. The van der Waals surface area contributed by atoms with Crippen LogP contribution in [0.2, 0.25) is 5.02 Å². The summed E-state index contributed by atoms with van der Waals surface area (Å²) < 4.78 is 11.0. The average Bonchev–Trinajstić information content (AvgIpc) is 2.82. The molecule has 19 heavy (non-hydrogen) atoms. The number of H-pyrrole nitrogens is 1. The molecule has 0 amide bonds. The Morgan fingerprint density at radius 1 is 1.37 bits per heavy atom. The van der Waals surface area contributed by atoms with Crippen LogP contribution in [0.15, 0.2) is 17.3 Å². The molecule has 1 aliphatic heterocycles. The Labute approximate surface area is 119 Å². The number of halogens is 1. The van der Waals surface area contributed by atoms with E-state index < -0.39 is 0 Å². The van der Waals surface area contributed by atoms with Gasteiger partial charge >= 0.3 is 0 Å². The molecular weight excluding hydrogens is 286 g/mol. The van der Waals surface area contributed by atoms with Gasteiger partial charge in [-0.1, -0.05) is 23.4 Å². The standard InChI is InChI=1S/C12H12ClN3O2S/c1-7-14-12(16-15-7)19-6-8-4-9(13)11-10(5-8)17-2-3-18-11/h4-5H,2-3,6H2,1H3,(H,14,15,16). The quantitative estimate of drug-likeness (QED) is 0.883. The molecule has 0 radical (unpaired) electrons. The molecular formula is C12H12ClN3O2S. The summed E-state index contributed by atoms with van der Waals surface area (Å²) in [4.78, 5) is 4.24. The molecule has 7 heteroatoms. The summed E-state index contributed by atoms with van der Waals surface area (Å²) in [5.74, 6) is 2.88. The lowest BCUT2D eigenvalue weighted by Crippen LogP contribution is -2.15. The highest BCUT2D eigenvalue weighted by atomic mass is 35.5. The summed E-state index contributed by atoms with van der Waals surface area (Å²) in [6, 6.07) is 3.84. The molecule has 1 aromatic carbocycles. The van der Waals surface area contributed by atoms with Crippen LogP contribution in [0.1, 0.15) is 11.4 Å². The lowest BCUT2D eigenvalue weighted by molar-refractivity contribution is 0.171. The fourth-order valence-corrected chi connectivity index (χ4v) is 2.84. The van der Waals surface area contributed by atoms with Gasteiger partial charge in [0.05, 0.1) is 5.02 Å². The van der Waals surface area contributed by atoms with E-state index in [2.05, 4.69) is 15.2 Å². The van der Waals surface area contributed by atoms with Gasteiger partial charge in [0, 0.05) is 5.75 Å². The summed E-state index contributed by atoms with van der Waals surface area (Å²) in [5.41, 5.74) is 1.06. The van der Waals surface area contributed by atoms with Crippen molar-refractivity contribution in [2.75, 3.05) is 13.2 Å². The van der Waals surface area contributed by atoms with Crippen LogP contribution in [0.4, 0.5) is 0 Å². The number of thioether (sulfide) groups is 1. The van der Waals surface area contributed by atoms with Gasteiger partial charge in [-0.15, -0.1) is 5.10 Å². The minimum atomic E-state index is 0.539. The molecule has 0 saturated heterocycles. The van der Waals surface area contributed by atoms with E-state index in [1.165, 1.54) is 0 Å². The molecule has 0 fully saturated rings. The van der Waals surface area contributed by atoms with Crippen LogP contribution in [0, 0.1) is 6.92 Å². The third-order valence-corrected chi connectivity index (χ3v) is 3.80. The summed E-state index contributed by atoms with van der Waals surface area (Å²) in [6.45, 7) is 2.97. The lowest BCUT2D eigenvalue weighted by atomic mass is 10.2. The summed E-state index contributed by atoms with van der Waals surface area (Å²) in [6.07, 6.45) is 0. The predicted molar refractivity (Wildman–Crippen MR) is 73.1 cm³/mol. The second-order valence-electron chi connectivity index (χ2n) is 4.09. The van der Waals surface area contributed by atoms with Crippen LogP contribution in [0.3, 0.4) is 0 Å². The van der Waals surface area contributed by atoms with Crippen molar-refractivity contribution in [2.24, 2.45) is 0 Å². The first-order valence-electron chi connectivity index (χ1n) is 5.82. The fraction of sp³-hybridized carbons (Fsp3) is 0.333. The van der Waals surface area contributed by atoms with Crippen molar-refractivity contribution < 1.29 is 9.47 Å². The number of nitrogens with one attached hydrogen (secondary N) is 1. The van der Waals surface area contributed by atoms with Crippen molar-refractivity contribution in [1.29, 1.82) is 0 Å². The SMILES string of the molecule is Cc1nc(SCc2cc(Cl)c3c(c2)OCCO3)n[nH]1. The molecule has 0 spiro atoms. The van der Waals surface area contributed by atoms with Gasteiger partial charge < -0.3 is 9.47 Å². The number of aromatic nitrogens is 3. The Morgan fingerprint density at radius 2 is 2.21 bits per heavy atom. The number of hydrogen-bond donors (Lipinski definition) is 1. The zero-order valence-corrected chi connectivity index (χ0v) is 11.8. The highest BCUT2D eigenvalue weighted by molar-refractivity contribution is 7.98. The molecule has 1 aliphatic rings. The van der Waals surface area contributed by atoms with E-state index >= 15 is 0 Å². The van der Waals surface area contributed by atoms with Crippen molar-refractivity contribution in [2.45, 2.75) is 17.8 Å². The minimum Gasteiger partial charge on any atom is -0.486 e. The molecule has 3 rings (SSSR count). The smallest absolute Gasteiger partial charge is 0.208 e. The molecule has 2 heterocycles. The lowest BCUT2D eigenvalue weighted by Gasteiger charge is -2.20. The number of aromatic amines is 1. The Kier molecular flexibility index (Phi) is 3.52. The van der Waals surface area contributed by atoms with Crippen molar-refractivity contribution in [3.63, 3.8) is 0 Å². The number of benzene rings is 1. The maximum absolute atomic E-state index is 6.18. The zero-order chi connectivity index (χ0) is 13.2. The van der Waals surface area contributed by atoms with E-state index in [-0.39, 0.29) is 0 Å². The van der Waals surface area contributed by atoms with Crippen molar-refractivity contribution >= 4 is 23.4 Å². The Balaban J connectivity index is 1.76. The molecule has 0 aliphatic carbocycles. The van der Waals surface area contributed by atoms with Gasteiger partial charge in [-0.25, -0.2) is 4.98 Å². The van der Waals surface area contributed by atoms with Gasteiger partial charge in [0.2, 0.25) is 5.16 Å². The molecule has 1 aromatic heterocycles. The number of rotatable bonds is 3. The minimum absolute atomic E-state index is 0.539. The van der Waals surface area contributed by atoms with Gasteiger partial charge in [-0.05, 0) is 24.6 Å². The van der Waals surface area contributed by atoms with Gasteiger partial charge in [0.1, 0.15) is 19.0 Å². The fourth-order valence-electron chi connectivity index (χ4n) is 1.78. The Hall–Kier alpha value is -1.40. The number of hydrogen-bond acceptors (Lipinski definition) is 5. The molecule has 0 bridgehead atoms. The molecule has 0 saturated carbocycles. The van der Waals surface area contributed by atoms with Crippen molar-refractivity contribution in [3.8, 4) is 11.5 Å². The van der Waals surface area contributed by atoms with Gasteiger partial charge in [-0.3, -0.25) is 5.10 Å². The normalized spacial score (nSPS) is 13.6. The van der Waals surface area contributed by atoms with E-state index in [1.54, 1.807) is 11.8 Å². The topological polar surface area (TPSA) is 60.0 Å². The molecule has 5 nitrogen and oxygen atoms in total. The van der Waals surface area contributed by atoms with Crippen LogP contribution < -0.4 is 9.47 Å². The maximum Gasteiger partial charge on any atom is 0.208 e. The first-order valence-corrected chi connectivity index (χ1v) is 7.18. The summed E-state index contributed by atoms with van der Waals surface area (Å²) in [5, 5.41) is 8.20. The van der Waals surface area contributed by atoms with Crippen molar-refractivity contribution in [1.82, 2.24) is 15.2 Å². The van der Waals surface area contributed by atoms with Gasteiger partial charge in [-0.2, -0.15) is 0 Å². The van der Waals surface area contributed by atoms with E-state index in [0.717, 1.165) is 22.3 Å².